The van der Waals surface area contributed by atoms with Crippen molar-refractivity contribution in [3.63, 3.8) is 0 Å². The zero-order valence-corrected chi connectivity index (χ0v) is 20.9. The Labute approximate surface area is 195 Å². The van der Waals surface area contributed by atoms with E-state index < -0.39 is 18.0 Å². The normalized spacial score (nSPS) is 21.9. The summed E-state index contributed by atoms with van der Waals surface area (Å²) < 4.78 is 9.79. The van der Waals surface area contributed by atoms with E-state index in [0.717, 1.165) is 38.6 Å². The minimum Gasteiger partial charge on any atom is -0.466 e. The van der Waals surface area contributed by atoms with Gasteiger partial charge in [0.2, 0.25) is 0 Å². The molecule has 1 aliphatic carbocycles. The van der Waals surface area contributed by atoms with E-state index in [1.54, 1.807) is 0 Å². The molecule has 184 valence electrons. The fraction of sp³-hybridized carbons (Fsp3) is 0.808. The summed E-state index contributed by atoms with van der Waals surface area (Å²) in [4.78, 5) is 37.9. The van der Waals surface area contributed by atoms with Gasteiger partial charge in [0.05, 0.1) is 7.11 Å². The van der Waals surface area contributed by atoms with Crippen LogP contribution in [0.5, 0.6) is 0 Å². The molecule has 1 rings (SSSR count). The maximum Gasteiger partial charge on any atom is 0.347 e. The molecule has 6 nitrogen and oxygen atoms in total. The molecule has 1 aliphatic rings. The van der Waals surface area contributed by atoms with Gasteiger partial charge in [-0.15, -0.1) is 0 Å². The molecule has 0 aromatic heterocycles. The van der Waals surface area contributed by atoms with Crippen LogP contribution in [-0.2, 0) is 23.9 Å². The van der Waals surface area contributed by atoms with E-state index in [-0.39, 0.29) is 5.92 Å². The number of esters is 2. The zero-order chi connectivity index (χ0) is 23.9. The second kappa shape index (κ2) is 16.0. The molecule has 0 radical (unpaired) electrons. The molecule has 0 aromatic carbocycles. The van der Waals surface area contributed by atoms with Gasteiger partial charge in [-0.3, -0.25) is 9.59 Å². The average Bonchev–Trinajstić information content (AvgIpc) is 3.02. The Morgan fingerprint density at radius 3 is 2.47 bits per heavy atom. The number of ketones is 1. The number of Topliss-reactive ketones (excluding diaryl/α,β-unsaturated/α-hetero) is 1. The number of nitrogens with zero attached hydrogens (tertiary/aromatic N) is 1. The lowest BCUT2D eigenvalue weighted by atomic mass is 9.85. The van der Waals surface area contributed by atoms with Crippen LogP contribution in [0.4, 0.5) is 0 Å². The molecule has 1 saturated carbocycles. The van der Waals surface area contributed by atoms with Gasteiger partial charge in [0.1, 0.15) is 5.78 Å². The van der Waals surface area contributed by atoms with Gasteiger partial charge in [0.25, 0.3) is 0 Å². The Hall–Kier alpha value is -1.69. The van der Waals surface area contributed by atoms with Crippen LogP contribution in [0.1, 0.15) is 84.5 Å². The van der Waals surface area contributed by atoms with Crippen LogP contribution >= 0.6 is 0 Å². The minimum absolute atomic E-state index is 0.0942. The lowest BCUT2D eigenvalue weighted by Gasteiger charge is -2.23. The topological polar surface area (TPSA) is 72.9 Å². The standard InChI is InChI=1S/C26H45NO5/c1-6-7-8-9-10-12-15-22-21(19-27(3)4)18-24(29)23(22)16-13-11-14-17-25(26(30)31-5)32-20(2)28/h12,15,21-23,25H,6-11,13-14,16-19H2,1-5H3/t21-,22-,23+,25?/m0/s1. The van der Waals surface area contributed by atoms with E-state index in [1.807, 2.05) is 0 Å². The Bertz CT molecular complexity index is 601. The highest BCUT2D eigenvalue weighted by Gasteiger charge is 2.40. The number of hydrogen-bond acceptors (Lipinski definition) is 6. The third-order valence-corrected chi connectivity index (χ3v) is 6.32. The molecule has 1 fully saturated rings. The van der Waals surface area contributed by atoms with Crippen molar-refractivity contribution in [1.29, 1.82) is 0 Å². The number of rotatable bonds is 16. The lowest BCUT2D eigenvalue weighted by Crippen LogP contribution is -2.27. The van der Waals surface area contributed by atoms with Crippen molar-refractivity contribution in [2.45, 2.75) is 90.6 Å². The highest BCUT2D eigenvalue weighted by Crippen LogP contribution is 2.39. The van der Waals surface area contributed by atoms with Gasteiger partial charge < -0.3 is 14.4 Å². The van der Waals surface area contributed by atoms with E-state index in [2.05, 4.69) is 38.1 Å². The number of ether oxygens (including phenoxy) is 2. The van der Waals surface area contributed by atoms with Crippen LogP contribution < -0.4 is 0 Å². The molecule has 4 atom stereocenters. The Balaban J connectivity index is 2.56. The van der Waals surface area contributed by atoms with E-state index in [0.29, 0.717) is 30.5 Å². The van der Waals surface area contributed by atoms with Crippen molar-refractivity contribution < 1.29 is 23.9 Å². The zero-order valence-electron chi connectivity index (χ0n) is 20.9. The number of unbranched alkanes of at least 4 members (excludes halogenated alkanes) is 6. The summed E-state index contributed by atoms with van der Waals surface area (Å²) in [5.41, 5.74) is 0. The Morgan fingerprint density at radius 2 is 1.84 bits per heavy atom. The molecule has 0 N–H and O–H groups in total. The molecule has 6 heteroatoms. The molecule has 0 heterocycles. The molecule has 0 saturated heterocycles. The molecule has 0 aliphatic heterocycles. The third-order valence-electron chi connectivity index (χ3n) is 6.32. The van der Waals surface area contributed by atoms with E-state index in [4.69, 9.17) is 9.47 Å². The lowest BCUT2D eigenvalue weighted by molar-refractivity contribution is -0.165. The quantitative estimate of drug-likeness (QED) is 0.188. The summed E-state index contributed by atoms with van der Waals surface area (Å²) in [6.45, 7) is 4.46. The van der Waals surface area contributed by atoms with E-state index in [9.17, 15) is 14.4 Å². The van der Waals surface area contributed by atoms with Crippen LogP contribution in [0.25, 0.3) is 0 Å². The minimum atomic E-state index is -0.835. The van der Waals surface area contributed by atoms with Gasteiger partial charge >= 0.3 is 11.9 Å². The van der Waals surface area contributed by atoms with Crippen molar-refractivity contribution >= 4 is 17.7 Å². The summed E-state index contributed by atoms with van der Waals surface area (Å²) in [7, 11) is 5.44. The highest BCUT2D eigenvalue weighted by molar-refractivity contribution is 5.84. The fourth-order valence-electron chi connectivity index (χ4n) is 4.76. The SMILES string of the molecule is CCCCCCC=C[C@H]1[C@H](CN(C)C)CC(=O)[C@@H]1CCCCCC(OC(C)=O)C(=O)OC. The second-order valence-corrected chi connectivity index (χ2v) is 9.41. The van der Waals surface area contributed by atoms with Crippen molar-refractivity contribution in [3.8, 4) is 0 Å². The van der Waals surface area contributed by atoms with Crippen LogP contribution in [0, 0.1) is 17.8 Å². The monoisotopic (exact) mass is 451 g/mol. The maximum absolute atomic E-state index is 12.8. The van der Waals surface area contributed by atoms with E-state index in [1.165, 1.54) is 39.7 Å². The summed E-state index contributed by atoms with van der Waals surface area (Å²) in [6.07, 6.45) is 14.5. The van der Waals surface area contributed by atoms with Crippen molar-refractivity contribution in [3.05, 3.63) is 12.2 Å². The number of allylic oxidation sites excluding steroid dienone is 2. The van der Waals surface area contributed by atoms with E-state index >= 15 is 0 Å². The number of methoxy groups -OCH3 is 1. The molecule has 0 aromatic rings. The van der Waals surface area contributed by atoms with Crippen LogP contribution in [0.3, 0.4) is 0 Å². The Morgan fingerprint density at radius 1 is 1.12 bits per heavy atom. The first-order valence-corrected chi connectivity index (χ1v) is 12.4. The van der Waals surface area contributed by atoms with Gasteiger partial charge in [0.15, 0.2) is 6.10 Å². The summed E-state index contributed by atoms with van der Waals surface area (Å²) in [6, 6.07) is 0. The van der Waals surface area contributed by atoms with Gasteiger partial charge in [-0.1, -0.05) is 51.2 Å². The molecular formula is C26H45NO5. The molecule has 32 heavy (non-hydrogen) atoms. The van der Waals surface area contributed by atoms with Crippen LogP contribution in [0.2, 0.25) is 0 Å². The maximum atomic E-state index is 12.8. The number of carbonyl (C=O) groups is 3. The number of carbonyl (C=O) groups excluding carboxylic acids is 3. The summed E-state index contributed by atoms with van der Waals surface area (Å²) in [5, 5.41) is 0. The average molecular weight is 452 g/mol. The van der Waals surface area contributed by atoms with Crippen molar-refractivity contribution in [1.82, 2.24) is 4.90 Å². The molecule has 1 unspecified atom stereocenters. The van der Waals surface area contributed by atoms with Gasteiger partial charge in [-0.05, 0) is 58.0 Å². The summed E-state index contributed by atoms with van der Waals surface area (Å²) >= 11 is 0. The predicted molar refractivity (Wildman–Crippen MR) is 127 cm³/mol. The van der Waals surface area contributed by atoms with Crippen LogP contribution in [-0.4, -0.2) is 56.5 Å². The predicted octanol–water partition coefficient (Wildman–Crippen LogP) is 4.95. The van der Waals surface area contributed by atoms with Crippen molar-refractivity contribution in [2.75, 3.05) is 27.7 Å². The molecule has 0 spiro atoms. The molecular weight excluding hydrogens is 406 g/mol. The molecule has 0 bridgehead atoms. The third kappa shape index (κ3) is 10.8. The summed E-state index contributed by atoms with van der Waals surface area (Å²) in [5.74, 6) is 0.207. The first kappa shape index (κ1) is 28.3. The van der Waals surface area contributed by atoms with Crippen molar-refractivity contribution in [2.24, 2.45) is 17.8 Å². The second-order valence-electron chi connectivity index (χ2n) is 9.41. The molecule has 0 amide bonds. The largest absolute Gasteiger partial charge is 0.466 e. The smallest absolute Gasteiger partial charge is 0.347 e. The first-order chi connectivity index (χ1) is 15.3. The Kier molecular flexibility index (Phi) is 14.2. The van der Waals surface area contributed by atoms with Gasteiger partial charge in [-0.25, -0.2) is 4.79 Å². The van der Waals surface area contributed by atoms with Gasteiger partial charge in [-0.2, -0.15) is 0 Å². The highest BCUT2D eigenvalue weighted by atomic mass is 16.6. The number of hydrogen-bond donors (Lipinski definition) is 0. The fourth-order valence-corrected chi connectivity index (χ4v) is 4.76. The first-order valence-electron chi connectivity index (χ1n) is 12.4. The van der Waals surface area contributed by atoms with Gasteiger partial charge in [0, 0.05) is 25.8 Å². The van der Waals surface area contributed by atoms with Crippen LogP contribution in [0.15, 0.2) is 12.2 Å².